The third-order valence-corrected chi connectivity index (χ3v) is 6.35. The first-order chi connectivity index (χ1) is 15.9. The van der Waals surface area contributed by atoms with Gasteiger partial charge in [-0.25, -0.2) is 9.78 Å². The van der Waals surface area contributed by atoms with Crippen molar-refractivity contribution in [2.75, 3.05) is 0 Å². The molecule has 0 bridgehead atoms. The van der Waals surface area contributed by atoms with E-state index in [2.05, 4.69) is 4.98 Å². The van der Waals surface area contributed by atoms with Gasteiger partial charge in [0.25, 0.3) is 0 Å². The standard InChI is InChI=1S/C27H31NO5/c1-17-8-4-5-13-23(17)26-28-24(19(3)33-26)16-32-22-12-7-11-21(14-22)31-15-20-10-6-9-18(2)25(20)27(29)30/h4-6,8-10,13,21-22H,7,11-12,14-16H2,1-3H3,(H,29,30). The average molecular weight is 450 g/mol. The number of ether oxygens (including phenoxy) is 2. The van der Waals surface area contributed by atoms with Crippen LogP contribution >= 0.6 is 0 Å². The number of aryl methyl sites for hydroxylation is 3. The monoisotopic (exact) mass is 449 g/mol. The summed E-state index contributed by atoms with van der Waals surface area (Å²) in [4.78, 5) is 16.3. The molecule has 2 atom stereocenters. The van der Waals surface area contributed by atoms with Gasteiger partial charge in [0.1, 0.15) is 11.5 Å². The molecule has 0 spiro atoms. The molecule has 0 amide bonds. The molecular weight excluding hydrogens is 418 g/mol. The van der Waals surface area contributed by atoms with Crippen LogP contribution in [0.4, 0.5) is 0 Å². The van der Waals surface area contributed by atoms with Gasteiger partial charge in [-0.2, -0.15) is 0 Å². The van der Waals surface area contributed by atoms with Gasteiger partial charge < -0.3 is 19.0 Å². The van der Waals surface area contributed by atoms with E-state index in [1.807, 2.05) is 63.2 Å². The third kappa shape index (κ3) is 5.52. The summed E-state index contributed by atoms with van der Waals surface area (Å²) in [6, 6.07) is 13.6. The summed E-state index contributed by atoms with van der Waals surface area (Å²) in [5, 5.41) is 9.53. The summed E-state index contributed by atoms with van der Waals surface area (Å²) in [5.74, 6) is 0.489. The highest BCUT2D eigenvalue weighted by molar-refractivity contribution is 5.91. The summed E-state index contributed by atoms with van der Waals surface area (Å²) < 4.78 is 18.2. The molecule has 1 heterocycles. The summed E-state index contributed by atoms with van der Waals surface area (Å²) in [5.41, 5.74) is 4.75. The molecule has 174 valence electrons. The van der Waals surface area contributed by atoms with Gasteiger partial charge in [-0.3, -0.25) is 0 Å². The zero-order valence-corrected chi connectivity index (χ0v) is 19.5. The zero-order chi connectivity index (χ0) is 23.4. The van der Waals surface area contributed by atoms with Crippen molar-refractivity contribution in [1.82, 2.24) is 4.98 Å². The number of nitrogens with zero attached hydrogens (tertiary/aromatic N) is 1. The fourth-order valence-corrected chi connectivity index (χ4v) is 4.45. The van der Waals surface area contributed by atoms with Gasteiger partial charge >= 0.3 is 5.97 Å². The molecule has 33 heavy (non-hydrogen) atoms. The first-order valence-corrected chi connectivity index (χ1v) is 11.5. The molecule has 6 heteroatoms. The highest BCUT2D eigenvalue weighted by Crippen LogP contribution is 2.28. The minimum absolute atomic E-state index is 0.0480. The SMILES string of the molecule is Cc1ccccc1-c1nc(COC2CCCC(OCc3cccc(C)c3C(=O)O)C2)c(C)o1. The topological polar surface area (TPSA) is 81.8 Å². The van der Waals surface area contributed by atoms with E-state index >= 15 is 0 Å². The van der Waals surface area contributed by atoms with Crippen LogP contribution in [-0.2, 0) is 22.7 Å². The fourth-order valence-electron chi connectivity index (χ4n) is 4.45. The Kier molecular flexibility index (Phi) is 7.26. The molecule has 6 nitrogen and oxygen atoms in total. The smallest absolute Gasteiger partial charge is 0.336 e. The summed E-state index contributed by atoms with van der Waals surface area (Å²) in [7, 11) is 0. The molecule has 3 aromatic rings. The molecule has 1 fully saturated rings. The minimum atomic E-state index is -0.912. The predicted octanol–water partition coefficient (Wildman–Crippen LogP) is 6.01. The van der Waals surface area contributed by atoms with Gasteiger partial charge in [0.05, 0.1) is 31.0 Å². The number of benzene rings is 2. The Labute approximate surface area is 194 Å². The number of hydrogen-bond acceptors (Lipinski definition) is 5. The maximum atomic E-state index is 11.6. The third-order valence-electron chi connectivity index (χ3n) is 6.35. The van der Waals surface area contributed by atoms with Crippen molar-refractivity contribution < 1.29 is 23.8 Å². The van der Waals surface area contributed by atoms with Crippen molar-refractivity contribution in [3.05, 3.63) is 76.2 Å². The number of hydrogen-bond donors (Lipinski definition) is 1. The van der Waals surface area contributed by atoms with Gasteiger partial charge in [0, 0.05) is 5.56 Å². The Morgan fingerprint density at radius 2 is 1.70 bits per heavy atom. The number of carbonyl (C=O) groups is 1. The van der Waals surface area contributed by atoms with E-state index in [9.17, 15) is 9.90 Å². The van der Waals surface area contributed by atoms with Gasteiger partial charge in [-0.1, -0.05) is 36.4 Å². The number of oxazole rings is 1. The maximum absolute atomic E-state index is 11.6. The van der Waals surface area contributed by atoms with E-state index in [4.69, 9.17) is 13.9 Å². The molecule has 0 aliphatic heterocycles. The second-order valence-corrected chi connectivity index (χ2v) is 8.78. The Morgan fingerprint density at radius 1 is 1.00 bits per heavy atom. The first-order valence-electron chi connectivity index (χ1n) is 11.5. The number of carboxylic acid groups (broad SMARTS) is 1. The number of aromatic carboxylic acids is 1. The van der Waals surface area contributed by atoms with Crippen molar-refractivity contribution in [2.24, 2.45) is 0 Å². The Bertz CT molecular complexity index is 1120. The van der Waals surface area contributed by atoms with Crippen molar-refractivity contribution >= 4 is 5.97 Å². The first kappa shape index (κ1) is 23.2. The molecule has 4 rings (SSSR count). The highest BCUT2D eigenvalue weighted by Gasteiger charge is 2.25. The lowest BCUT2D eigenvalue weighted by Crippen LogP contribution is -2.28. The molecule has 0 saturated heterocycles. The van der Waals surface area contributed by atoms with Crippen LogP contribution < -0.4 is 0 Å². The van der Waals surface area contributed by atoms with E-state index < -0.39 is 5.97 Å². The van der Waals surface area contributed by atoms with E-state index in [1.165, 1.54) is 0 Å². The fraction of sp³-hybridized carbons (Fsp3) is 0.407. The van der Waals surface area contributed by atoms with Crippen molar-refractivity contribution in [3.8, 4) is 11.5 Å². The van der Waals surface area contributed by atoms with Gasteiger partial charge in [0.15, 0.2) is 0 Å². The number of carboxylic acids is 1. The van der Waals surface area contributed by atoms with E-state index in [1.54, 1.807) is 0 Å². The van der Waals surface area contributed by atoms with Gasteiger partial charge in [0.2, 0.25) is 5.89 Å². The summed E-state index contributed by atoms with van der Waals surface area (Å²) >= 11 is 0. The summed E-state index contributed by atoms with van der Waals surface area (Å²) in [6.45, 7) is 6.47. The molecule has 1 aliphatic carbocycles. The van der Waals surface area contributed by atoms with Crippen LogP contribution in [0.5, 0.6) is 0 Å². The highest BCUT2D eigenvalue weighted by atomic mass is 16.5. The zero-order valence-electron chi connectivity index (χ0n) is 19.5. The lowest BCUT2D eigenvalue weighted by molar-refractivity contribution is -0.0564. The van der Waals surface area contributed by atoms with Crippen molar-refractivity contribution in [2.45, 2.75) is 71.9 Å². The molecule has 1 aliphatic rings. The van der Waals surface area contributed by atoms with Crippen LogP contribution in [-0.4, -0.2) is 28.3 Å². The van der Waals surface area contributed by atoms with Crippen LogP contribution in [0.25, 0.3) is 11.5 Å². The Balaban J connectivity index is 1.34. The van der Waals surface area contributed by atoms with Gasteiger partial charge in [-0.15, -0.1) is 0 Å². The van der Waals surface area contributed by atoms with Crippen molar-refractivity contribution in [3.63, 3.8) is 0 Å². The van der Waals surface area contributed by atoms with Crippen LogP contribution in [0.3, 0.4) is 0 Å². The molecule has 2 unspecified atom stereocenters. The van der Waals surface area contributed by atoms with Crippen LogP contribution in [0, 0.1) is 20.8 Å². The van der Waals surface area contributed by atoms with Crippen LogP contribution in [0.15, 0.2) is 46.9 Å². The second kappa shape index (κ2) is 10.3. The maximum Gasteiger partial charge on any atom is 0.336 e. The quantitative estimate of drug-likeness (QED) is 0.453. The van der Waals surface area contributed by atoms with E-state index in [0.717, 1.165) is 53.8 Å². The predicted molar refractivity (Wildman–Crippen MR) is 125 cm³/mol. The average Bonchev–Trinajstić information content (AvgIpc) is 3.17. The number of rotatable bonds is 8. The van der Waals surface area contributed by atoms with Gasteiger partial charge in [-0.05, 0) is 69.2 Å². The normalized spacial score (nSPS) is 18.4. The Morgan fingerprint density at radius 3 is 2.42 bits per heavy atom. The Hall–Kier alpha value is -2.96. The molecule has 2 aromatic carbocycles. The van der Waals surface area contributed by atoms with Crippen LogP contribution in [0.2, 0.25) is 0 Å². The molecule has 0 radical (unpaired) electrons. The van der Waals surface area contributed by atoms with Crippen molar-refractivity contribution in [1.29, 1.82) is 0 Å². The summed E-state index contributed by atoms with van der Waals surface area (Å²) in [6.07, 6.45) is 3.86. The molecule has 1 aromatic heterocycles. The van der Waals surface area contributed by atoms with Crippen LogP contribution in [0.1, 0.15) is 64.2 Å². The molecule has 1 saturated carbocycles. The minimum Gasteiger partial charge on any atom is -0.478 e. The number of aromatic nitrogens is 1. The molecule has 1 N–H and O–H groups in total. The lowest BCUT2D eigenvalue weighted by atomic mass is 9.94. The molecular formula is C27H31NO5. The lowest BCUT2D eigenvalue weighted by Gasteiger charge is -2.29. The van der Waals surface area contributed by atoms with E-state index in [-0.39, 0.29) is 12.2 Å². The van der Waals surface area contributed by atoms with E-state index in [0.29, 0.717) is 30.2 Å². The largest absolute Gasteiger partial charge is 0.478 e. The second-order valence-electron chi connectivity index (χ2n) is 8.78.